The Kier molecular flexibility index (Phi) is 7.42. The fourth-order valence-electron chi connectivity index (χ4n) is 3.84. The normalized spacial score (nSPS) is 18.9. The number of aromatic nitrogens is 2. The van der Waals surface area contributed by atoms with Crippen LogP contribution in [0.1, 0.15) is 63.4 Å². The highest BCUT2D eigenvalue weighted by Gasteiger charge is 2.22. The fraction of sp³-hybridized carbons (Fsp3) is 0.545. The van der Waals surface area contributed by atoms with E-state index < -0.39 is 5.91 Å². The van der Waals surface area contributed by atoms with Crippen LogP contribution in [-0.4, -0.2) is 26.8 Å². The van der Waals surface area contributed by atoms with Crippen LogP contribution in [0.5, 0.6) is 0 Å². The molecule has 1 saturated carbocycles. The number of amides is 1. The molecule has 0 aliphatic heterocycles. The molecule has 7 nitrogen and oxygen atoms in total. The maximum Gasteiger partial charge on any atom is 0.290 e. The summed E-state index contributed by atoms with van der Waals surface area (Å²) in [6, 6.07) is 7.37. The number of thiocarbonyl (C=S) groups is 1. The van der Waals surface area contributed by atoms with Gasteiger partial charge in [-0.3, -0.25) is 20.4 Å². The molecule has 0 radical (unpaired) electrons. The summed E-state index contributed by atoms with van der Waals surface area (Å²) >= 11 is 5.36. The standard InChI is InChI=1S/C22H31N5O2S/c1-14(2)12-13-27-21(29)17-10-6-5-9-16(17)19(26-27)20(28)24-25-22(30)23-18-11-7-4-8-15(18)3/h5-6,9-10,14-15,18H,4,7-8,11-13H2,1-3H3,(H,24,28)(H2,23,25,30)/t15-,18+/m0/s1. The number of aryl methyl sites for hydroxylation is 1. The van der Waals surface area contributed by atoms with Crippen molar-refractivity contribution < 1.29 is 4.79 Å². The summed E-state index contributed by atoms with van der Waals surface area (Å²) in [6.07, 6.45) is 5.49. The molecule has 0 unspecified atom stereocenters. The molecule has 3 N–H and O–H groups in total. The average Bonchev–Trinajstić information content (AvgIpc) is 2.73. The molecule has 1 aromatic heterocycles. The highest BCUT2D eigenvalue weighted by Crippen LogP contribution is 2.23. The topological polar surface area (TPSA) is 88.1 Å². The molecule has 1 fully saturated rings. The predicted molar refractivity (Wildman–Crippen MR) is 123 cm³/mol. The van der Waals surface area contributed by atoms with Crippen molar-refractivity contribution in [3.05, 3.63) is 40.3 Å². The predicted octanol–water partition coefficient (Wildman–Crippen LogP) is 3.13. The Balaban J connectivity index is 1.74. The Morgan fingerprint density at radius 3 is 2.60 bits per heavy atom. The van der Waals surface area contributed by atoms with Gasteiger partial charge in [-0.05, 0) is 49.4 Å². The fourth-order valence-corrected chi connectivity index (χ4v) is 4.05. The van der Waals surface area contributed by atoms with Crippen LogP contribution in [0.25, 0.3) is 10.8 Å². The molecule has 8 heteroatoms. The average molecular weight is 430 g/mol. The van der Waals surface area contributed by atoms with Gasteiger partial charge in [0.1, 0.15) is 0 Å². The van der Waals surface area contributed by atoms with Crippen LogP contribution in [0.3, 0.4) is 0 Å². The molecule has 3 rings (SSSR count). The van der Waals surface area contributed by atoms with Crippen molar-refractivity contribution >= 4 is 34.0 Å². The molecule has 1 aromatic carbocycles. The first-order valence-corrected chi connectivity index (χ1v) is 11.1. The van der Waals surface area contributed by atoms with E-state index in [9.17, 15) is 9.59 Å². The zero-order valence-corrected chi connectivity index (χ0v) is 18.7. The summed E-state index contributed by atoms with van der Waals surface area (Å²) in [5.74, 6) is 0.546. The second-order valence-corrected chi connectivity index (χ2v) is 8.93. The zero-order valence-electron chi connectivity index (χ0n) is 17.9. The van der Waals surface area contributed by atoms with Gasteiger partial charge in [-0.15, -0.1) is 0 Å². The molecule has 30 heavy (non-hydrogen) atoms. The number of hydrazine groups is 1. The Labute approximate surface area is 182 Å². The number of carbonyl (C=O) groups excluding carboxylic acids is 1. The van der Waals surface area contributed by atoms with Crippen LogP contribution in [0.4, 0.5) is 0 Å². The monoisotopic (exact) mass is 429 g/mol. The largest absolute Gasteiger partial charge is 0.358 e. The van der Waals surface area contributed by atoms with Gasteiger partial charge in [0, 0.05) is 18.0 Å². The van der Waals surface area contributed by atoms with E-state index in [2.05, 4.69) is 42.0 Å². The van der Waals surface area contributed by atoms with Gasteiger partial charge in [0.25, 0.3) is 11.5 Å². The summed E-state index contributed by atoms with van der Waals surface area (Å²) in [5, 5.41) is 9.07. The summed E-state index contributed by atoms with van der Waals surface area (Å²) in [6.45, 7) is 6.86. The zero-order chi connectivity index (χ0) is 21.7. The minimum atomic E-state index is -0.426. The number of benzene rings is 1. The Hall–Kier alpha value is -2.48. The highest BCUT2D eigenvalue weighted by atomic mass is 32.1. The maximum atomic E-state index is 12.9. The van der Waals surface area contributed by atoms with E-state index in [1.165, 1.54) is 23.9 Å². The van der Waals surface area contributed by atoms with E-state index in [-0.39, 0.29) is 11.3 Å². The Morgan fingerprint density at radius 2 is 1.90 bits per heavy atom. The maximum absolute atomic E-state index is 12.9. The number of carbonyl (C=O) groups is 1. The SMILES string of the molecule is CC(C)CCn1nc(C(=O)NNC(=S)N[C@@H]2CCCC[C@@H]2C)c2ccccc2c1=O. The van der Waals surface area contributed by atoms with Gasteiger partial charge in [0.2, 0.25) is 0 Å². The number of rotatable bonds is 5. The molecule has 0 spiro atoms. The second-order valence-electron chi connectivity index (χ2n) is 8.53. The lowest BCUT2D eigenvalue weighted by Gasteiger charge is -2.30. The summed E-state index contributed by atoms with van der Waals surface area (Å²) in [5.41, 5.74) is 5.45. The van der Waals surface area contributed by atoms with Crippen molar-refractivity contribution in [3.63, 3.8) is 0 Å². The van der Waals surface area contributed by atoms with Gasteiger partial charge < -0.3 is 5.32 Å². The van der Waals surface area contributed by atoms with Crippen LogP contribution in [0, 0.1) is 11.8 Å². The van der Waals surface area contributed by atoms with Crippen LogP contribution in [-0.2, 0) is 6.54 Å². The quantitative estimate of drug-likeness (QED) is 0.500. The molecule has 162 valence electrons. The van der Waals surface area contributed by atoms with E-state index in [0.29, 0.717) is 40.3 Å². The molecule has 0 saturated heterocycles. The molecule has 1 aliphatic rings. The van der Waals surface area contributed by atoms with Crippen molar-refractivity contribution in [2.24, 2.45) is 11.8 Å². The molecule has 2 atom stereocenters. The minimum absolute atomic E-state index is 0.181. The van der Waals surface area contributed by atoms with Crippen molar-refractivity contribution in [1.82, 2.24) is 25.9 Å². The molecule has 2 aromatic rings. The van der Waals surface area contributed by atoms with Gasteiger partial charge in [0.15, 0.2) is 10.8 Å². The first-order valence-electron chi connectivity index (χ1n) is 10.7. The highest BCUT2D eigenvalue weighted by molar-refractivity contribution is 7.80. The number of nitrogens with one attached hydrogen (secondary N) is 3. The molecule has 0 bridgehead atoms. The lowest BCUT2D eigenvalue weighted by molar-refractivity contribution is 0.0937. The van der Waals surface area contributed by atoms with Gasteiger partial charge >= 0.3 is 0 Å². The van der Waals surface area contributed by atoms with E-state index in [0.717, 1.165) is 12.8 Å². The van der Waals surface area contributed by atoms with Crippen molar-refractivity contribution in [2.75, 3.05) is 0 Å². The van der Waals surface area contributed by atoms with Crippen LogP contribution in [0.2, 0.25) is 0 Å². The van der Waals surface area contributed by atoms with Gasteiger partial charge in [-0.1, -0.05) is 51.8 Å². The van der Waals surface area contributed by atoms with E-state index >= 15 is 0 Å². The third kappa shape index (κ3) is 5.36. The van der Waals surface area contributed by atoms with Gasteiger partial charge in [-0.2, -0.15) is 5.10 Å². The number of hydrogen-bond acceptors (Lipinski definition) is 4. The molecular formula is C22H31N5O2S. The summed E-state index contributed by atoms with van der Waals surface area (Å²) < 4.78 is 1.39. The first-order chi connectivity index (χ1) is 14.4. The van der Waals surface area contributed by atoms with Crippen LogP contribution >= 0.6 is 12.2 Å². The van der Waals surface area contributed by atoms with Crippen molar-refractivity contribution in [2.45, 2.75) is 65.5 Å². The molecule has 1 amide bonds. The Morgan fingerprint density at radius 1 is 1.20 bits per heavy atom. The van der Waals surface area contributed by atoms with Crippen molar-refractivity contribution in [1.29, 1.82) is 0 Å². The Bertz CT molecular complexity index is 972. The molecular weight excluding hydrogens is 398 g/mol. The van der Waals surface area contributed by atoms with Crippen LogP contribution in [0.15, 0.2) is 29.1 Å². The van der Waals surface area contributed by atoms with Gasteiger partial charge in [-0.25, -0.2) is 4.68 Å². The third-order valence-electron chi connectivity index (χ3n) is 5.72. The first kappa shape index (κ1) is 22.2. The lowest BCUT2D eigenvalue weighted by Crippen LogP contribution is -2.51. The summed E-state index contributed by atoms with van der Waals surface area (Å²) in [4.78, 5) is 25.6. The van der Waals surface area contributed by atoms with E-state index in [1.54, 1.807) is 24.3 Å². The molecule has 1 aliphatic carbocycles. The lowest BCUT2D eigenvalue weighted by atomic mass is 9.86. The number of hydrogen-bond donors (Lipinski definition) is 3. The second kappa shape index (κ2) is 10.0. The minimum Gasteiger partial charge on any atom is -0.358 e. The van der Waals surface area contributed by atoms with E-state index in [1.807, 2.05) is 0 Å². The van der Waals surface area contributed by atoms with Crippen molar-refractivity contribution in [3.8, 4) is 0 Å². The van der Waals surface area contributed by atoms with E-state index in [4.69, 9.17) is 12.2 Å². The molecule has 1 heterocycles. The van der Waals surface area contributed by atoms with Gasteiger partial charge in [0.05, 0.1) is 5.39 Å². The number of fused-ring (bicyclic) bond motifs is 1. The summed E-state index contributed by atoms with van der Waals surface area (Å²) in [7, 11) is 0. The number of nitrogens with zero attached hydrogens (tertiary/aromatic N) is 2. The van der Waals surface area contributed by atoms with Crippen LogP contribution < -0.4 is 21.7 Å². The smallest absolute Gasteiger partial charge is 0.290 e. The third-order valence-corrected chi connectivity index (χ3v) is 5.94.